The second-order valence-corrected chi connectivity index (χ2v) is 6.90. The highest BCUT2D eigenvalue weighted by atomic mass is 16.5. The smallest absolute Gasteiger partial charge is 0.319 e. The fourth-order valence-corrected chi connectivity index (χ4v) is 3.10. The number of hydrazone groups is 1. The van der Waals surface area contributed by atoms with Gasteiger partial charge in [0, 0.05) is 25.7 Å². The van der Waals surface area contributed by atoms with Gasteiger partial charge in [0.15, 0.2) is 0 Å². The SMILES string of the molecule is CCCN(CC)c1cc(/C=N/Nc2ccc3ccccc3c2)nc(OCCNC)n1. The highest BCUT2D eigenvalue weighted by Crippen LogP contribution is 2.19. The summed E-state index contributed by atoms with van der Waals surface area (Å²) in [5.74, 6) is 0.848. The second kappa shape index (κ2) is 11.1. The van der Waals surface area contributed by atoms with Crippen molar-refractivity contribution in [2.75, 3.05) is 43.6 Å². The molecule has 3 aromatic rings. The van der Waals surface area contributed by atoms with Crippen molar-refractivity contribution in [1.82, 2.24) is 15.3 Å². The molecule has 2 N–H and O–H groups in total. The molecule has 0 saturated heterocycles. The second-order valence-electron chi connectivity index (χ2n) is 6.90. The van der Waals surface area contributed by atoms with Crippen LogP contribution in [0.25, 0.3) is 10.8 Å². The topological polar surface area (TPSA) is 74.7 Å². The molecule has 0 saturated carbocycles. The molecule has 2 aromatic carbocycles. The fourth-order valence-electron chi connectivity index (χ4n) is 3.10. The van der Waals surface area contributed by atoms with Gasteiger partial charge in [-0.25, -0.2) is 0 Å². The van der Waals surface area contributed by atoms with Crippen molar-refractivity contribution in [1.29, 1.82) is 0 Å². The van der Waals surface area contributed by atoms with Crippen LogP contribution in [0.3, 0.4) is 0 Å². The van der Waals surface area contributed by atoms with Crippen LogP contribution in [0.5, 0.6) is 6.01 Å². The maximum Gasteiger partial charge on any atom is 0.319 e. The van der Waals surface area contributed by atoms with Gasteiger partial charge in [-0.2, -0.15) is 15.1 Å². The standard InChI is InChI=1S/C23H30N6O/c1-4-13-29(5-2)22-16-21(26-23(27-22)30-14-12-24-3)17-25-28-20-11-10-18-8-6-7-9-19(18)15-20/h6-11,15-17,24,28H,4-5,12-14H2,1-3H3/b25-17+. The lowest BCUT2D eigenvalue weighted by Crippen LogP contribution is -2.25. The van der Waals surface area contributed by atoms with Crippen molar-refractivity contribution in [2.45, 2.75) is 20.3 Å². The molecule has 0 unspecified atom stereocenters. The van der Waals surface area contributed by atoms with Crippen LogP contribution in [0, 0.1) is 0 Å². The first-order chi connectivity index (χ1) is 14.7. The highest BCUT2D eigenvalue weighted by Gasteiger charge is 2.10. The molecular formula is C23H30N6O. The summed E-state index contributed by atoms with van der Waals surface area (Å²) < 4.78 is 5.72. The lowest BCUT2D eigenvalue weighted by Gasteiger charge is -2.21. The molecule has 7 heteroatoms. The Labute approximate surface area is 178 Å². The van der Waals surface area contributed by atoms with E-state index in [0.717, 1.165) is 37.6 Å². The number of fused-ring (bicyclic) bond motifs is 1. The zero-order chi connectivity index (χ0) is 21.2. The Kier molecular flexibility index (Phi) is 7.97. The third-order valence-electron chi connectivity index (χ3n) is 4.63. The van der Waals surface area contributed by atoms with E-state index in [4.69, 9.17) is 4.74 Å². The summed E-state index contributed by atoms with van der Waals surface area (Å²) in [5, 5.41) is 9.80. The molecule has 0 spiro atoms. The van der Waals surface area contributed by atoms with Crippen LogP contribution in [0.1, 0.15) is 26.0 Å². The predicted octanol–water partition coefficient (Wildman–Crippen LogP) is 3.91. The van der Waals surface area contributed by atoms with Crippen molar-refractivity contribution in [3.63, 3.8) is 0 Å². The number of rotatable bonds is 11. The fraction of sp³-hybridized carbons (Fsp3) is 0.348. The van der Waals surface area contributed by atoms with Gasteiger partial charge < -0.3 is 15.0 Å². The van der Waals surface area contributed by atoms with E-state index in [9.17, 15) is 0 Å². The summed E-state index contributed by atoms with van der Waals surface area (Å²) >= 11 is 0. The van der Waals surface area contributed by atoms with Crippen LogP contribution in [0.4, 0.5) is 11.5 Å². The molecule has 0 atom stereocenters. The number of ether oxygens (including phenoxy) is 1. The van der Waals surface area contributed by atoms with E-state index in [-0.39, 0.29) is 0 Å². The third-order valence-corrected chi connectivity index (χ3v) is 4.63. The summed E-state index contributed by atoms with van der Waals surface area (Å²) in [5.41, 5.74) is 4.71. The zero-order valence-corrected chi connectivity index (χ0v) is 17.9. The Morgan fingerprint density at radius 2 is 1.90 bits per heavy atom. The van der Waals surface area contributed by atoms with Gasteiger partial charge in [0.2, 0.25) is 0 Å². The molecule has 7 nitrogen and oxygen atoms in total. The van der Waals surface area contributed by atoms with Crippen LogP contribution in [0.15, 0.2) is 53.6 Å². The van der Waals surface area contributed by atoms with Crippen LogP contribution >= 0.6 is 0 Å². The van der Waals surface area contributed by atoms with Gasteiger partial charge >= 0.3 is 6.01 Å². The van der Waals surface area contributed by atoms with Crippen LogP contribution in [-0.2, 0) is 0 Å². The van der Waals surface area contributed by atoms with E-state index < -0.39 is 0 Å². The molecular weight excluding hydrogens is 376 g/mol. The number of likely N-dealkylation sites (N-methyl/N-ethyl adjacent to an activating group) is 1. The van der Waals surface area contributed by atoms with Gasteiger partial charge in [-0.3, -0.25) is 5.43 Å². The predicted molar refractivity (Wildman–Crippen MR) is 125 cm³/mol. The Bertz CT molecular complexity index is 975. The maximum atomic E-state index is 5.72. The number of nitrogens with one attached hydrogen (secondary N) is 2. The first-order valence-electron chi connectivity index (χ1n) is 10.4. The van der Waals surface area contributed by atoms with Gasteiger partial charge in [-0.15, -0.1) is 0 Å². The number of nitrogens with zero attached hydrogens (tertiary/aromatic N) is 4. The number of hydrogen-bond donors (Lipinski definition) is 2. The summed E-state index contributed by atoms with van der Waals surface area (Å²) in [6.07, 6.45) is 2.74. The summed E-state index contributed by atoms with van der Waals surface area (Å²) in [7, 11) is 1.89. The van der Waals surface area contributed by atoms with Crippen molar-refractivity contribution in [2.24, 2.45) is 5.10 Å². The van der Waals surface area contributed by atoms with Crippen molar-refractivity contribution >= 4 is 28.5 Å². The van der Waals surface area contributed by atoms with Gasteiger partial charge in [0.1, 0.15) is 12.4 Å². The lowest BCUT2D eigenvalue weighted by atomic mass is 10.1. The minimum absolute atomic E-state index is 0.365. The van der Waals surface area contributed by atoms with E-state index in [2.05, 4.69) is 68.8 Å². The average molecular weight is 407 g/mol. The Morgan fingerprint density at radius 1 is 1.07 bits per heavy atom. The van der Waals surface area contributed by atoms with Gasteiger partial charge in [0.25, 0.3) is 0 Å². The highest BCUT2D eigenvalue weighted by molar-refractivity contribution is 5.86. The Hall–Kier alpha value is -3.19. The molecule has 0 fully saturated rings. The molecule has 158 valence electrons. The molecule has 0 amide bonds. The number of aromatic nitrogens is 2. The lowest BCUT2D eigenvalue weighted by molar-refractivity contribution is 0.293. The zero-order valence-electron chi connectivity index (χ0n) is 17.9. The third kappa shape index (κ3) is 5.90. The van der Waals surface area contributed by atoms with Gasteiger partial charge in [-0.1, -0.05) is 37.3 Å². The molecule has 0 aliphatic carbocycles. The molecule has 0 radical (unpaired) electrons. The largest absolute Gasteiger partial charge is 0.462 e. The Morgan fingerprint density at radius 3 is 2.67 bits per heavy atom. The molecule has 1 heterocycles. The minimum atomic E-state index is 0.365. The van der Waals surface area contributed by atoms with Crippen molar-refractivity contribution < 1.29 is 4.74 Å². The number of hydrogen-bond acceptors (Lipinski definition) is 7. The van der Waals surface area contributed by atoms with Crippen molar-refractivity contribution in [3.8, 4) is 6.01 Å². The molecule has 0 aliphatic heterocycles. The summed E-state index contributed by atoms with van der Waals surface area (Å²) in [4.78, 5) is 11.3. The van der Waals surface area contributed by atoms with E-state index in [0.29, 0.717) is 18.3 Å². The normalized spacial score (nSPS) is 11.2. The average Bonchev–Trinajstić information content (AvgIpc) is 2.77. The minimum Gasteiger partial charge on any atom is -0.462 e. The molecule has 0 bridgehead atoms. The first kappa shape index (κ1) is 21.5. The molecule has 0 aliphatic rings. The summed E-state index contributed by atoms with van der Waals surface area (Å²) in [6, 6.07) is 16.7. The van der Waals surface area contributed by atoms with Crippen LogP contribution < -0.4 is 20.4 Å². The van der Waals surface area contributed by atoms with Crippen LogP contribution in [0.2, 0.25) is 0 Å². The van der Waals surface area contributed by atoms with Gasteiger partial charge in [0.05, 0.1) is 17.6 Å². The molecule has 3 rings (SSSR count). The van der Waals surface area contributed by atoms with Crippen molar-refractivity contribution in [3.05, 3.63) is 54.2 Å². The first-order valence-corrected chi connectivity index (χ1v) is 10.4. The monoisotopic (exact) mass is 406 g/mol. The van der Waals surface area contributed by atoms with Crippen LogP contribution in [-0.4, -0.2) is 49.5 Å². The van der Waals surface area contributed by atoms with E-state index in [1.807, 2.05) is 31.3 Å². The molecule has 30 heavy (non-hydrogen) atoms. The number of anilines is 2. The van der Waals surface area contributed by atoms with E-state index in [1.54, 1.807) is 6.21 Å². The quantitative estimate of drug-likeness (QED) is 0.286. The Balaban J connectivity index is 1.78. The maximum absolute atomic E-state index is 5.72. The molecule has 1 aromatic heterocycles. The summed E-state index contributed by atoms with van der Waals surface area (Å²) in [6.45, 7) is 7.30. The number of benzene rings is 2. The van der Waals surface area contributed by atoms with E-state index >= 15 is 0 Å². The van der Waals surface area contributed by atoms with Gasteiger partial charge in [-0.05, 0) is 43.3 Å². The van der Waals surface area contributed by atoms with E-state index in [1.165, 1.54) is 10.8 Å².